The third kappa shape index (κ3) is 5.00. The van der Waals surface area contributed by atoms with Gasteiger partial charge in [-0.15, -0.1) is 0 Å². The molecule has 1 aliphatic rings. The van der Waals surface area contributed by atoms with E-state index in [4.69, 9.17) is 0 Å². The lowest BCUT2D eigenvalue weighted by Crippen LogP contribution is -2.34. The predicted octanol–water partition coefficient (Wildman–Crippen LogP) is 4.56. The van der Waals surface area contributed by atoms with Gasteiger partial charge < -0.3 is 0 Å². The molecule has 0 aromatic heterocycles. The van der Waals surface area contributed by atoms with Gasteiger partial charge >= 0.3 is 0 Å². The summed E-state index contributed by atoms with van der Waals surface area (Å²) in [5, 5.41) is 11.0. The average Bonchev–Trinajstić information content (AvgIpc) is 2.64. The lowest BCUT2D eigenvalue weighted by molar-refractivity contribution is -0.385. The molecule has 0 saturated carbocycles. The van der Waals surface area contributed by atoms with Crippen molar-refractivity contribution in [1.29, 1.82) is 0 Å². The van der Waals surface area contributed by atoms with Crippen LogP contribution in [0.2, 0.25) is 0 Å². The van der Waals surface area contributed by atoms with Crippen molar-refractivity contribution in [2.45, 2.75) is 19.3 Å². The lowest BCUT2D eigenvalue weighted by atomic mass is 9.90. The quantitative estimate of drug-likeness (QED) is 0.574. The van der Waals surface area contributed by atoms with Crippen LogP contribution >= 0.6 is 0 Å². The van der Waals surface area contributed by atoms with Crippen LogP contribution in [0.1, 0.15) is 24.0 Å². The summed E-state index contributed by atoms with van der Waals surface area (Å²) in [6, 6.07) is 17.6. The van der Waals surface area contributed by atoms with Gasteiger partial charge in [-0.05, 0) is 49.9 Å². The number of hydrogen-bond donors (Lipinski definition) is 0. The van der Waals surface area contributed by atoms with Crippen molar-refractivity contribution in [2.24, 2.45) is 5.92 Å². The van der Waals surface area contributed by atoms with Crippen LogP contribution < -0.4 is 0 Å². The SMILES string of the molecule is O=[N+]([O-])c1ccccc1C=CCN1CCC(Cc2ccccc2)CC1. The fraction of sp³-hybridized carbons (Fsp3) is 0.333. The third-order valence-electron chi connectivity index (χ3n) is 4.87. The van der Waals surface area contributed by atoms with Crippen molar-refractivity contribution in [3.05, 3.63) is 81.9 Å². The average molecular weight is 336 g/mol. The first-order valence-corrected chi connectivity index (χ1v) is 8.88. The standard InChI is InChI=1S/C21H24N2O2/c24-23(25)21-11-5-4-9-20(21)10-6-14-22-15-12-19(13-16-22)17-18-7-2-1-3-8-18/h1-11,19H,12-17H2. The Hall–Kier alpha value is -2.46. The van der Waals surface area contributed by atoms with Gasteiger partial charge in [0.15, 0.2) is 0 Å². The smallest absolute Gasteiger partial charge is 0.276 e. The van der Waals surface area contributed by atoms with E-state index in [2.05, 4.69) is 35.2 Å². The van der Waals surface area contributed by atoms with Gasteiger partial charge in [-0.3, -0.25) is 15.0 Å². The monoisotopic (exact) mass is 336 g/mol. The van der Waals surface area contributed by atoms with E-state index in [1.54, 1.807) is 18.2 Å². The van der Waals surface area contributed by atoms with E-state index in [0.29, 0.717) is 5.56 Å². The molecular weight excluding hydrogens is 312 g/mol. The van der Waals surface area contributed by atoms with Gasteiger partial charge in [-0.1, -0.05) is 54.6 Å². The molecule has 130 valence electrons. The molecular formula is C21H24N2O2. The molecule has 2 aromatic carbocycles. The second-order valence-electron chi connectivity index (χ2n) is 6.65. The molecule has 0 atom stereocenters. The number of para-hydroxylation sites is 1. The molecule has 0 unspecified atom stereocenters. The summed E-state index contributed by atoms with van der Waals surface area (Å²) >= 11 is 0. The minimum absolute atomic E-state index is 0.167. The minimum Gasteiger partial charge on any atom is -0.300 e. The normalized spacial score (nSPS) is 16.3. The molecule has 0 aliphatic carbocycles. The van der Waals surface area contributed by atoms with Crippen LogP contribution in [0.5, 0.6) is 0 Å². The van der Waals surface area contributed by atoms with Gasteiger partial charge in [-0.25, -0.2) is 0 Å². The zero-order chi connectivity index (χ0) is 17.5. The summed E-state index contributed by atoms with van der Waals surface area (Å²) in [5.74, 6) is 0.762. The highest BCUT2D eigenvalue weighted by Gasteiger charge is 2.18. The highest BCUT2D eigenvalue weighted by atomic mass is 16.6. The first-order chi connectivity index (χ1) is 12.2. The second kappa shape index (κ2) is 8.58. The summed E-state index contributed by atoms with van der Waals surface area (Å²) in [4.78, 5) is 13.1. The molecule has 4 nitrogen and oxygen atoms in total. The molecule has 0 bridgehead atoms. The number of nitrogens with zero attached hydrogens (tertiary/aromatic N) is 2. The van der Waals surface area contributed by atoms with Crippen molar-refractivity contribution in [3.63, 3.8) is 0 Å². The first-order valence-electron chi connectivity index (χ1n) is 8.88. The van der Waals surface area contributed by atoms with E-state index in [0.717, 1.165) is 25.6 Å². The number of piperidine rings is 1. The van der Waals surface area contributed by atoms with Crippen molar-refractivity contribution in [1.82, 2.24) is 4.90 Å². The van der Waals surface area contributed by atoms with E-state index in [-0.39, 0.29) is 10.6 Å². The molecule has 0 spiro atoms. The van der Waals surface area contributed by atoms with Crippen molar-refractivity contribution >= 4 is 11.8 Å². The van der Waals surface area contributed by atoms with Crippen LogP contribution in [0, 0.1) is 16.0 Å². The van der Waals surface area contributed by atoms with E-state index >= 15 is 0 Å². The molecule has 3 rings (SSSR count). The highest BCUT2D eigenvalue weighted by Crippen LogP contribution is 2.22. The van der Waals surface area contributed by atoms with Crippen LogP contribution in [-0.4, -0.2) is 29.5 Å². The Morgan fingerprint density at radius 1 is 1.04 bits per heavy atom. The molecule has 0 N–H and O–H groups in total. The van der Waals surface area contributed by atoms with Crippen LogP contribution in [0.4, 0.5) is 5.69 Å². The largest absolute Gasteiger partial charge is 0.300 e. The molecule has 1 aliphatic heterocycles. The minimum atomic E-state index is -0.325. The molecule has 0 radical (unpaired) electrons. The maximum Gasteiger partial charge on any atom is 0.276 e. The predicted molar refractivity (Wildman–Crippen MR) is 101 cm³/mol. The highest BCUT2D eigenvalue weighted by molar-refractivity contribution is 5.60. The lowest BCUT2D eigenvalue weighted by Gasteiger charge is -2.31. The first kappa shape index (κ1) is 17.4. The topological polar surface area (TPSA) is 46.4 Å². The van der Waals surface area contributed by atoms with Crippen LogP contribution in [0.25, 0.3) is 6.08 Å². The summed E-state index contributed by atoms with van der Waals surface area (Å²) in [6.07, 6.45) is 7.51. The zero-order valence-electron chi connectivity index (χ0n) is 14.4. The Morgan fingerprint density at radius 3 is 2.44 bits per heavy atom. The number of benzene rings is 2. The van der Waals surface area contributed by atoms with Gasteiger partial charge in [-0.2, -0.15) is 0 Å². The Morgan fingerprint density at radius 2 is 1.72 bits per heavy atom. The summed E-state index contributed by atoms with van der Waals surface area (Å²) in [7, 11) is 0. The molecule has 0 amide bonds. The summed E-state index contributed by atoms with van der Waals surface area (Å²) in [5.41, 5.74) is 2.27. The summed E-state index contributed by atoms with van der Waals surface area (Å²) < 4.78 is 0. The Bertz CT molecular complexity index is 720. The maximum absolute atomic E-state index is 11.0. The Balaban J connectivity index is 1.47. The van der Waals surface area contributed by atoms with Gasteiger partial charge in [0.1, 0.15) is 0 Å². The fourth-order valence-electron chi connectivity index (χ4n) is 3.44. The number of nitro groups is 1. The van der Waals surface area contributed by atoms with Crippen molar-refractivity contribution in [3.8, 4) is 0 Å². The van der Waals surface area contributed by atoms with Crippen LogP contribution in [0.3, 0.4) is 0 Å². The molecule has 1 heterocycles. The van der Waals surface area contributed by atoms with Gasteiger partial charge in [0, 0.05) is 12.6 Å². The van der Waals surface area contributed by atoms with Crippen molar-refractivity contribution < 1.29 is 4.92 Å². The molecule has 2 aromatic rings. The number of hydrogen-bond acceptors (Lipinski definition) is 3. The van der Waals surface area contributed by atoms with E-state index < -0.39 is 0 Å². The van der Waals surface area contributed by atoms with E-state index in [1.807, 2.05) is 18.2 Å². The number of rotatable bonds is 6. The van der Waals surface area contributed by atoms with E-state index in [9.17, 15) is 10.1 Å². The fourth-order valence-corrected chi connectivity index (χ4v) is 3.44. The molecule has 1 saturated heterocycles. The third-order valence-corrected chi connectivity index (χ3v) is 4.87. The van der Waals surface area contributed by atoms with Crippen LogP contribution in [0.15, 0.2) is 60.7 Å². The van der Waals surface area contributed by atoms with Gasteiger partial charge in [0.25, 0.3) is 5.69 Å². The van der Waals surface area contributed by atoms with Crippen LogP contribution in [-0.2, 0) is 6.42 Å². The summed E-state index contributed by atoms with van der Waals surface area (Å²) in [6.45, 7) is 3.04. The number of likely N-dealkylation sites (tertiary alicyclic amines) is 1. The van der Waals surface area contributed by atoms with E-state index in [1.165, 1.54) is 24.8 Å². The molecule has 4 heteroatoms. The Kier molecular flexibility index (Phi) is 5.96. The second-order valence-corrected chi connectivity index (χ2v) is 6.65. The molecule has 25 heavy (non-hydrogen) atoms. The Labute approximate surface area is 148 Å². The number of nitro benzene ring substituents is 1. The van der Waals surface area contributed by atoms with Crippen molar-refractivity contribution in [2.75, 3.05) is 19.6 Å². The maximum atomic E-state index is 11.0. The van der Waals surface area contributed by atoms with Gasteiger partial charge in [0.2, 0.25) is 0 Å². The van der Waals surface area contributed by atoms with Gasteiger partial charge in [0.05, 0.1) is 10.5 Å². The molecule has 1 fully saturated rings. The zero-order valence-corrected chi connectivity index (χ0v) is 14.4.